The summed E-state index contributed by atoms with van der Waals surface area (Å²) in [6.45, 7) is -0.0471. The summed E-state index contributed by atoms with van der Waals surface area (Å²) < 4.78 is 10.7. The molecule has 1 saturated heterocycles. The number of para-hydroxylation sites is 2. The van der Waals surface area contributed by atoms with Gasteiger partial charge in [-0.3, -0.25) is 14.4 Å². The highest BCUT2D eigenvalue weighted by atomic mass is 16.5. The van der Waals surface area contributed by atoms with Crippen LogP contribution in [0.5, 0.6) is 5.75 Å². The van der Waals surface area contributed by atoms with Crippen molar-refractivity contribution in [2.24, 2.45) is 23.7 Å². The molecule has 4 bridgehead atoms. The van der Waals surface area contributed by atoms with E-state index in [0.29, 0.717) is 11.4 Å². The molecule has 166 valence electrons. The number of carbonyl (C=O) groups excluding carboxylic acids is 3. The van der Waals surface area contributed by atoms with Gasteiger partial charge in [-0.25, -0.2) is 0 Å². The lowest BCUT2D eigenvalue weighted by Crippen LogP contribution is -2.60. The van der Waals surface area contributed by atoms with Gasteiger partial charge in [0.2, 0.25) is 5.91 Å². The van der Waals surface area contributed by atoms with Crippen LogP contribution in [0.3, 0.4) is 0 Å². The SMILES string of the molecule is COc1ccccc1N1C[C@H](C(=O)OCC(=O)NC23CC4CC(CC(C4)C2)C3)CC1=O. The Balaban J connectivity index is 1.15. The second kappa shape index (κ2) is 7.84. The van der Waals surface area contributed by atoms with Crippen molar-refractivity contribution in [2.75, 3.05) is 25.2 Å². The number of anilines is 1. The van der Waals surface area contributed by atoms with E-state index >= 15 is 0 Å². The van der Waals surface area contributed by atoms with Gasteiger partial charge in [-0.05, 0) is 68.4 Å². The molecule has 0 aromatic heterocycles. The van der Waals surface area contributed by atoms with Crippen LogP contribution in [0.4, 0.5) is 5.69 Å². The molecule has 5 aliphatic rings. The minimum Gasteiger partial charge on any atom is -0.495 e. The average molecular weight is 427 g/mol. The lowest BCUT2D eigenvalue weighted by molar-refractivity contribution is -0.153. The van der Waals surface area contributed by atoms with E-state index in [-0.39, 0.29) is 36.9 Å². The molecular formula is C24H30N2O5. The molecule has 0 radical (unpaired) electrons. The topological polar surface area (TPSA) is 84.9 Å². The molecule has 5 fully saturated rings. The molecule has 0 unspecified atom stereocenters. The van der Waals surface area contributed by atoms with Crippen molar-refractivity contribution >= 4 is 23.5 Å². The van der Waals surface area contributed by atoms with E-state index in [4.69, 9.17) is 9.47 Å². The van der Waals surface area contributed by atoms with Crippen LogP contribution in [-0.4, -0.2) is 43.6 Å². The van der Waals surface area contributed by atoms with E-state index in [1.807, 2.05) is 12.1 Å². The molecule has 4 aliphatic carbocycles. The molecule has 7 nitrogen and oxygen atoms in total. The van der Waals surface area contributed by atoms with Gasteiger partial charge in [0, 0.05) is 18.5 Å². The highest BCUT2D eigenvalue weighted by molar-refractivity contribution is 6.00. The Morgan fingerprint density at radius 3 is 2.39 bits per heavy atom. The molecule has 1 atom stereocenters. The molecule has 1 aliphatic heterocycles. The first kappa shape index (κ1) is 20.3. The van der Waals surface area contributed by atoms with Crippen LogP contribution in [0.1, 0.15) is 44.9 Å². The number of amides is 2. The zero-order valence-electron chi connectivity index (χ0n) is 18.0. The molecule has 1 aromatic carbocycles. The van der Waals surface area contributed by atoms with Crippen LogP contribution < -0.4 is 15.0 Å². The minimum atomic E-state index is -0.579. The first-order valence-corrected chi connectivity index (χ1v) is 11.4. The number of methoxy groups -OCH3 is 1. The first-order valence-electron chi connectivity index (χ1n) is 11.4. The lowest BCUT2D eigenvalue weighted by atomic mass is 9.53. The zero-order valence-corrected chi connectivity index (χ0v) is 18.0. The van der Waals surface area contributed by atoms with Crippen molar-refractivity contribution < 1.29 is 23.9 Å². The summed E-state index contributed by atoms with van der Waals surface area (Å²) in [6, 6.07) is 7.23. The van der Waals surface area contributed by atoms with E-state index in [2.05, 4.69) is 5.32 Å². The van der Waals surface area contributed by atoms with Gasteiger partial charge in [0.15, 0.2) is 6.61 Å². The quantitative estimate of drug-likeness (QED) is 0.707. The highest BCUT2D eigenvalue weighted by Crippen LogP contribution is 2.55. The van der Waals surface area contributed by atoms with E-state index in [9.17, 15) is 14.4 Å². The third kappa shape index (κ3) is 3.90. The maximum atomic E-state index is 12.6. The van der Waals surface area contributed by atoms with Gasteiger partial charge in [-0.15, -0.1) is 0 Å². The minimum absolute atomic E-state index is 0.0769. The summed E-state index contributed by atoms with van der Waals surface area (Å²) in [5, 5.41) is 3.22. The summed E-state index contributed by atoms with van der Waals surface area (Å²) in [5.74, 6) is 1.35. The summed E-state index contributed by atoms with van der Waals surface area (Å²) in [4.78, 5) is 39.2. The Morgan fingerprint density at radius 1 is 1.10 bits per heavy atom. The van der Waals surface area contributed by atoms with Gasteiger partial charge < -0.3 is 19.7 Å². The van der Waals surface area contributed by atoms with Crippen molar-refractivity contribution in [1.82, 2.24) is 5.32 Å². The number of hydrogen-bond donors (Lipinski definition) is 1. The Bertz CT molecular complexity index is 862. The molecule has 4 saturated carbocycles. The lowest BCUT2D eigenvalue weighted by Gasteiger charge is -2.56. The van der Waals surface area contributed by atoms with Gasteiger partial charge in [0.25, 0.3) is 5.91 Å². The van der Waals surface area contributed by atoms with Crippen LogP contribution in [0.15, 0.2) is 24.3 Å². The molecule has 31 heavy (non-hydrogen) atoms. The van der Waals surface area contributed by atoms with Crippen LogP contribution >= 0.6 is 0 Å². The molecule has 7 heteroatoms. The number of benzene rings is 1. The monoisotopic (exact) mass is 426 g/mol. The fourth-order valence-corrected chi connectivity index (χ4v) is 6.80. The summed E-state index contributed by atoms with van der Waals surface area (Å²) in [6.07, 6.45) is 7.18. The summed E-state index contributed by atoms with van der Waals surface area (Å²) in [5.41, 5.74) is 0.548. The van der Waals surface area contributed by atoms with E-state index in [0.717, 1.165) is 37.0 Å². The molecule has 6 rings (SSSR count). The van der Waals surface area contributed by atoms with E-state index in [1.54, 1.807) is 24.1 Å². The Kier molecular flexibility index (Phi) is 5.15. The zero-order chi connectivity index (χ0) is 21.6. The van der Waals surface area contributed by atoms with Crippen molar-refractivity contribution in [3.8, 4) is 5.75 Å². The number of esters is 1. The van der Waals surface area contributed by atoms with Crippen molar-refractivity contribution in [1.29, 1.82) is 0 Å². The normalized spacial score (nSPS) is 33.5. The van der Waals surface area contributed by atoms with Gasteiger partial charge in [0.1, 0.15) is 5.75 Å². The predicted molar refractivity (Wildman–Crippen MR) is 113 cm³/mol. The first-order chi connectivity index (χ1) is 14.9. The number of nitrogens with one attached hydrogen (secondary N) is 1. The summed E-state index contributed by atoms with van der Waals surface area (Å²) >= 11 is 0. The van der Waals surface area contributed by atoms with Crippen LogP contribution in [0.2, 0.25) is 0 Å². The third-order valence-electron chi connectivity index (χ3n) is 7.62. The van der Waals surface area contributed by atoms with Gasteiger partial charge in [-0.1, -0.05) is 12.1 Å². The summed E-state index contributed by atoms with van der Waals surface area (Å²) in [7, 11) is 1.55. The van der Waals surface area contributed by atoms with Crippen molar-refractivity contribution in [3.05, 3.63) is 24.3 Å². The average Bonchev–Trinajstić information content (AvgIpc) is 3.12. The molecule has 1 aromatic rings. The molecule has 0 spiro atoms. The largest absolute Gasteiger partial charge is 0.495 e. The predicted octanol–water partition coefficient (Wildman–Crippen LogP) is 2.68. The molecule has 2 amide bonds. The Hall–Kier alpha value is -2.57. The number of ether oxygens (including phenoxy) is 2. The Labute approximate surface area is 182 Å². The number of hydrogen-bond acceptors (Lipinski definition) is 5. The van der Waals surface area contributed by atoms with Crippen LogP contribution in [0.25, 0.3) is 0 Å². The van der Waals surface area contributed by atoms with E-state index < -0.39 is 11.9 Å². The standard InChI is InChI=1S/C24H30N2O5/c1-30-20-5-3-2-4-19(20)26-13-18(9-22(26)28)23(29)31-14-21(27)25-24-10-15-6-16(11-24)8-17(7-15)12-24/h2-5,15-18H,6-14H2,1H3,(H,25,27)/t15?,16?,17?,18-,24?/m1/s1. The van der Waals surface area contributed by atoms with E-state index in [1.165, 1.54) is 19.3 Å². The second-order valence-corrected chi connectivity index (χ2v) is 9.93. The molecule has 1 N–H and O–H groups in total. The van der Waals surface area contributed by atoms with Gasteiger partial charge >= 0.3 is 5.97 Å². The van der Waals surface area contributed by atoms with Crippen molar-refractivity contribution in [2.45, 2.75) is 50.5 Å². The van der Waals surface area contributed by atoms with Crippen molar-refractivity contribution in [3.63, 3.8) is 0 Å². The fourth-order valence-electron chi connectivity index (χ4n) is 6.80. The number of nitrogens with zero attached hydrogens (tertiary/aromatic N) is 1. The van der Waals surface area contributed by atoms with Gasteiger partial charge in [-0.2, -0.15) is 0 Å². The maximum Gasteiger partial charge on any atom is 0.311 e. The molecule has 1 heterocycles. The number of rotatable bonds is 6. The smallest absolute Gasteiger partial charge is 0.311 e. The third-order valence-corrected chi connectivity index (χ3v) is 7.62. The maximum absolute atomic E-state index is 12.6. The van der Waals surface area contributed by atoms with Crippen LogP contribution in [0, 0.1) is 23.7 Å². The fraction of sp³-hybridized carbons (Fsp3) is 0.625. The second-order valence-electron chi connectivity index (χ2n) is 9.93. The van der Waals surface area contributed by atoms with Crippen LogP contribution in [-0.2, 0) is 19.1 Å². The number of carbonyl (C=O) groups is 3. The highest BCUT2D eigenvalue weighted by Gasteiger charge is 2.51. The Morgan fingerprint density at radius 2 is 1.74 bits per heavy atom. The molecular weight excluding hydrogens is 396 g/mol. The van der Waals surface area contributed by atoms with Gasteiger partial charge in [0.05, 0.1) is 18.7 Å².